The zero-order valence-electron chi connectivity index (χ0n) is 12.3. The fourth-order valence-electron chi connectivity index (χ4n) is 2.08. The third-order valence-electron chi connectivity index (χ3n) is 3.10. The Balaban J connectivity index is 1.81. The van der Waals surface area contributed by atoms with Crippen molar-refractivity contribution in [1.29, 1.82) is 0 Å². The third kappa shape index (κ3) is 2.93. The van der Waals surface area contributed by atoms with Crippen molar-refractivity contribution in [2.24, 2.45) is 0 Å². The van der Waals surface area contributed by atoms with Crippen LogP contribution in [0.2, 0.25) is 0 Å². The van der Waals surface area contributed by atoms with Gasteiger partial charge in [0.2, 0.25) is 5.76 Å². The van der Waals surface area contributed by atoms with Gasteiger partial charge in [-0.15, -0.1) is 0 Å². The first kappa shape index (κ1) is 14.1. The smallest absolute Gasteiger partial charge is 0.361 e. The molecule has 0 spiro atoms. The Morgan fingerprint density at radius 2 is 1.86 bits per heavy atom. The van der Waals surface area contributed by atoms with Gasteiger partial charge in [-0.2, -0.15) is 0 Å². The number of aromatic nitrogens is 1. The number of ether oxygens (including phenoxy) is 1. The lowest BCUT2D eigenvalue weighted by atomic mass is 10.2. The highest BCUT2D eigenvalue weighted by atomic mass is 16.5. The molecule has 0 N–H and O–H groups in total. The molecule has 5 nitrogen and oxygen atoms in total. The Labute approximate surface area is 127 Å². The molecule has 0 amide bonds. The Kier molecular flexibility index (Phi) is 3.78. The lowest BCUT2D eigenvalue weighted by Gasteiger charge is -2.03. The highest BCUT2D eigenvalue weighted by Crippen LogP contribution is 2.27. The van der Waals surface area contributed by atoms with E-state index in [4.69, 9.17) is 13.6 Å². The SMILES string of the molecule is Cc1ccc(-c2oc(C)nc2C(=O)OCc2ccccc2)o1. The molecule has 0 fully saturated rings. The summed E-state index contributed by atoms with van der Waals surface area (Å²) in [5.74, 6) is 1.33. The van der Waals surface area contributed by atoms with Gasteiger partial charge in [-0.05, 0) is 24.6 Å². The Morgan fingerprint density at radius 1 is 1.09 bits per heavy atom. The van der Waals surface area contributed by atoms with Crippen LogP contribution in [0.1, 0.15) is 27.7 Å². The lowest BCUT2D eigenvalue weighted by molar-refractivity contribution is 0.0466. The van der Waals surface area contributed by atoms with E-state index >= 15 is 0 Å². The van der Waals surface area contributed by atoms with Crippen molar-refractivity contribution >= 4 is 5.97 Å². The van der Waals surface area contributed by atoms with Crippen LogP contribution in [0, 0.1) is 13.8 Å². The van der Waals surface area contributed by atoms with Crippen molar-refractivity contribution in [3.8, 4) is 11.5 Å². The van der Waals surface area contributed by atoms with Crippen LogP contribution in [-0.2, 0) is 11.3 Å². The molecule has 0 atom stereocenters. The summed E-state index contributed by atoms with van der Waals surface area (Å²) in [6, 6.07) is 13.0. The molecule has 0 unspecified atom stereocenters. The quantitative estimate of drug-likeness (QED) is 0.683. The van der Waals surface area contributed by atoms with Gasteiger partial charge >= 0.3 is 5.97 Å². The first-order chi connectivity index (χ1) is 10.6. The highest BCUT2D eigenvalue weighted by molar-refractivity contribution is 5.93. The molecule has 112 valence electrons. The van der Waals surface area contributed by atoms with Crippen LogP contribution < -0.4 is 0 Å². The van der Waals surface area contributed by atoms with Gasteiger partial charge in [0, 0.05) is 6.92 Å². The maximum atomic E-state index is 12.2. The summed E-state index contributed by atoms with van der Waals surface area (Å²) < 4.78 is 16.3. The molecule has 0 aliphatic heterocycles. The van der Waals surface area contributed by atoms with Gasteiger partial charge in [-0.1, -0.05) is 30.3 Å². The van der Waals surface area contributed by atoms with E-state index in [2.05, 4.69) is 4.98 Å². The van der Waals surface area contributed by atoms with Crippen LogP contribution in [0.15, 0.2) is 51.3 Å². The monoisotopic (exact) mass is 297 g/mol. The summed E-state index contributed by atoms with van der Waals surface area (Å²) in [6.45, 7) is 3.68. The summed E-state index contributed by atoms with van der Waals surface area (Å²) in [5.41, 5.74) is 1.04. The molecule has 0 aliphatic carbocycles. The average Bonchev–Trinajstić information content (AvgIpc) is 3.11. The number of carbonyl (C=O) groups excluding carboxylic acids is 1. The van der Waals surface area contributed by atoms with Gasteiger partial charge in [-0.3, -0.25) is 0 Å². The molecule has 0 aliphatic rings. The van der Waals surface area contributed by atoms with Gasteiger partial charge in [0.1, 0.15) is 12.4 Å². The van der Waals surface area contributed by atoms with Crippen molar-refractivity contribution in [3.05, 3.63) is 65.4 Å². The van der Waals surface area contributed by atoms with E-state index in [0.29, 0.717) is 17.4 Å². The molecule has 3 rings (SSSR count). The number of hydrogen-bond donors (Lipinski definition) is 0. The number of benzene rings is 1. The molecule has 0 bridgehead atoms. The molecule has 22 heavy (non-hydrogen) atoms. The summed E-state index contributed by atoms with van der Waals surface area (Å²) in [7, 11) is 0. The highest BCUT2D eigenvalue weighted by Gasteiger charge is 2.23. The second-order valence-corrected chi connectivity index (χ2v) is 4.88. The first-order valence-corrected chi connectivity index (χ1v) is 6.89. The summed E-state index contributed by atoms with van der Waals surface area (Å²) >= 11 is 0. The van der Waals surface area contributed by atoms with Crippen LogP contribution in [0.3, 0.4) is 0 Å². The van der Waals surface area contributed by atoms with Crippen molar-refractivity contribution in [2.75, 3.05) is 0 Å². The minimum Gasteiger partial charge on any atom is -0.458 e. The average molecular weight is 297 g/mol. The second-order valence-electron chi connectivity index (χ2n) is 4.88. The summed E-state index contributed by atoms with van der Waals surface area (Å²) in [6.07, 6.45) is 0. The van der Waals surface area contributed by atoms with Crippen LogP contribution >= 0.6 is 0 Å². The van der Waals surface area contributed by atoms with Crippen LogP contribution in [0.25, 0.3) is 11.5 Å². The van der Waals surface area contributed by atoms with Gasteiger partial charge in [-0.25, -0.2) is 9.78 Å². The Hall–Kier alpha value is -2.82. The molecule has 2 heterocycles. The molecule has 0 saturated heterocycles. The molecular weight excluding hydrogens is 282 g/mol. The predicted octanol–water partition coefficient (Wildman–Crippen LogP) is 3.91. The molecule has 0 saturated carbocycles. The topological polar surface area (TPSA) is 65.5 Å². The van der Waals surface area contributed by atoms with Crippen LogP contribution in [0.4, 0.5) is 0 Å². The summed E-state index contributed by atoms with van der Waals surface area (Å²) in [5, 5.41) is 0. The van der Waals surface area contributed by atoms with Crippen LogP contribution in [0.5, 0.6) is 0 Å². The van der Waals surface area contributed by atoms with E-state index in [1.807, 2.05) is 37.3 Å². The maximum absolute atomic E-state index is 12.2. The minimum absolute atomic E-state index is 0.128. The number of furan rings is 1. The van der Waals surface area contributed by atoms with Crippen molar-refractivity contribution < 1.29 is 18.4 Å². The molecule has 5 heteroatoms. The third-order valence-corrected chi connectivity index (χ3v) is 3.10. The van der Waals surface area contributed by atoms with E-state index < -0.39 is 5.97 Å². The standard InChI is InChI=1S/C17H15NO4/c1-11-8-9-14(21-11)16-15(18-12(2)22-16)17(19)20-10-13-6-4-3-5-7-13/h3-9H,10H2,1-2H3. The molecule has 0 radical (unpaired) electrons. The van der Waals surface area contributed by atoms with Crippen molar-refractivity contribution in [1.82, 2.24) is 4.98 Å². The first-order valence-electron chi connectivity index (χ1n) is 6.89. The zero-order chi connectivity index (χ0) is 15.5. The van der Waals surface area contributed by atoms with E-state index in [1.165, 1.54) is 0 Å². The number of carbonyl (C=O) groups is 1. The van der Waals surface area contributed by atoms with Crippen LogP contribution in [-0.4, -0.2) is 11.0 Å². The largest absolute Gasteiger partial charge is 0.458 e. The Bertz CT molecular complexity index is 786. The fourth-order valence-corrected chi connectivity index (χ4v) is 2.08. The molecular formula is C17H15NO4. The van der Waals surface area contributed by atoms with Crippen molar-refractivity contribution in [3.63, 3.8) is 0 Å². The van der Waals surface area contributed by atoms with E-state index in [9.17, 15) is 4.79 Å². The van der Waals surface area contributed by atoms with Gasteiger partial charge in [0.15, 0.2) is 17.3 Å². The number of rotatable bonds is 4. The fraction of sp³-hybridized carbons (Fsp3) is 0.176. The number of aryl methyl sites for hydroxylation is 2. The van der Waals surface area contributed by atoms with E-state index in [-0.39, 0.29) is 12.3 Å². The maximum Gasteiger partial charge on any atom is 0.361 e. The molecule has 1 aromatic carbocycles. The van der Waals surface area contributed by atoms with Gasteiger partial charge in [0.25, 0.3) is 0 Å². The van der Waals surface area contributed by atoms with E-state index in [0.717, 1.165) is 11.3 Å². The number of esters is 1. The number of oxazole rings is 1. The Morgan fingerprint density at radius 3 is 2.55 bits per heavy atom. The molecule has 2 aromatic heterocycles. The normalized spacial score (nSPS) is 10.6. The summed E-state index contributed by atoms with van der Waals surface area (Å²) in [4.78, 5) is 16.4. The number of hydrogen-bond acceptors (Lipinski definition) is 5. The predicted molar refractivity (Wildman–Crippen MR) is 79.2 cm³/mol. The number of nitrogens with zero attached hydrogens (tertiary/aromatic N) is 1. The van der Waals surface area contributed by atoms with E-state index in [1.54, 1.807) is 19.1 Å². The lowest BCUT2D eigenvalue weighted by Crippen LogP contribution is -2.07. The van der Waals surface area contributed by atoms with Gasteiger partial charge < -0.3 is 13.6 Å². The second kappa shape index (κ2) is 5.89. The minimum atomic E-state index is -0.537. The zero-order valence-corrected chi connectivity index (χ0v) is 12.3. The molecule has 3 aromatic rings. The van der Waals surface area contributed by atoms with Crippen molar-refractivity contribution in [2.45, 2.75) is 20.5 Å². The van der Waals surface area contributed by atoms with Gasteiger partial charge in [0.05, 0.1) is 0 Å².